The Morgan fingerprint density at radius 1 is 0.967 bits per heavy atom. The van der Waals surface area contributed by atoms with Crippen molar-refractivity contribution in [2.24, 2.45) is 0 Å². The predicted molar refractivity (Wildman–Crippen MR) is 109 cm³/mol. The van der Waals surface area contributed by atoms with Gasteiger partial charge >= 0.3 is 6.18 Å². The van der Waals surface area contributed by atoms with Crippen LogP contribution in [0.2, 0.25) is 0 Å². The number of nitrogens with zero attached hydrogens (tertiary/aromatic N) is 3. The molecule has 2 heterocycles. The summed E-state index contributed by atoms with van der Waals surface area (Å²) in [6.07, 6.45) is -2.68. The molecule has 0 fully saturated rings. The number of anilines is 2. The van der Waals surface area contributed by atoms with E-state index in [-0.39, 0.29) is 0 Å². The minimum Gasteiger partial charge on any atom is -0.491 e. The van der Waals surface area contributed by atoms with E-state index in [1.807, 2.05) is 30.3 Å². The van der Waals surface area contributed by atoms with Crippen molar-refractivity contribution in [2.45, 2.75) is 13.1 Å². The molecule has 0 unspecified atom stereocenters. The lowest BCUT2D eigenvalue weighted by Crippen LogP contribution is -2.06. The molecule has 0 saturated carbocycles. The first-order valence-electron chi connectivity index (χ1n) is 9.07. The van der Waals surface area contributed by atoms with Crippen molar-refractivity contribution in [1.82, 2.24) is 15.0 Å². The third-order valence-corrected chi connectivity index (χ3v) is 4.54. The van der Waals surface area contributed by atoms with Gasteiger partial charge in [0.05, 0.1) is 18.2 Å². The molecule has 0 spiro atoms. The monoisotopic (exact) mass is 410 g/mol. The molecule has 2 aromatic heterocycles. The van der Waals surface area contributed by atoms with Gasteiger partial charge in [0.2, 0.25) is 0 Å². The summed E-state index contributed by atoms with van der Waals surface area (Å²) in [7, 11) is 1.49. The normalized spacial score (nSPS) is 11.5. The van der Waals surface area contributed by atoms with Crippen LogP contribution in [-0.2, 0) is 6.18 Å². The molecule has 4 rings (SSSR count). The Labute approximate surface area is 170 Å². The van der Waals surface area contributed by atoms with Crippen LogP contribution in [0.25, 0.3) is 22.2 Å². The zero-order valence-electron chi connectivity index (χ0n) is 16.2. The van der Waals surface area contributed by atoms with Crippen LogP contribution < -0.4 is 10.1 Å². The molecule has 0 amide bonds. The fourth-order valence-corrected chi connectivity index (χ4v) is 3.13. The lowest BCUT2D eigenvalue weighted by molar-refractivity contribution is -0.137. The summed E-state index contributed by atoms with van der Waals surface area (Å²) >= 11 is 0. The van der Waals surface area contributed by atoms with Gasteiger partial charge in [0.1, 0.15) is 11.5 Å². The molecule has 2 aromatic carbocycles. The number of pyridine rings is 1. The van der Waals surface area contributed by atoms with Crippen LogP contribution in [-0.4, -0.2) is 22.1 Å². The smallest absolute Gasteiger partial charge is 0.416 e. The van der Waals surface area contributed by atoms with E-state index in [0.717, 1.165) is 28.6 Å². The number of alkyl halides is 3. The van der Waals surface area contributed by atoms with E-state index in [4.69, 9.17) is 4.74 Å². The number of fused-ring (bicyclic) bond motifs is 1. The molecule has 0 aliphatic heterocycles. The molecule has 0 aliphatic rings. The zero-order chi connectivity index (χ0) is 21.3. The number of halogens is 3. The standard InChI is InChI=1S/C22H17F3N4O/c1-13-27-19(15-6-5-14-4-3-11-26-18(14)12-15)20(30-2)21(28-13)29-17-9-7-16(8-10-17)22(23,24)25/h3-12H,1-2H3,(H,27,28,29). The lowest BCUT2D eigenvalue weighted by atomic mass is 10.1. The maximum atomic E-state index is 12.8. The Hall–Kier alpha value is -3.68. The largest absolute Gasteiger partial charge is 0.491 e. The van der Waals surface area contributed by atoms with E-state index >= 15 is 0 Å². The van der Waals surface area contributed by atoms with E-state index in [2.05, 4.69) is 20.3 Å². The molecule has 152 valence electrons. The van der Waals surface area contributed by atoms with Gasteiger partial charge in [-0.1, -0.05) is 18.2 Å². The molecule has 4 aromatic rings. The number of aromatic nitrogens is 3. The summed E-state index contributed by atoms with van der Waals surface area (Å²) in [5.74, 6) is 1.23. The van der Waals surface area contributed by atoms with Crippen molar-refractivity contribution >= 4 is 22.4 Å². The molecule has 5 nitrogen and oxygen atoms in total. The number of aryl methyl sites for hydroxylation is 1. The van der Waals surface area contributed by atoms with E-state index in [1.165, 1.54) is 19.2 Å². The summed E-state index contributed by atoms with van der Waals surface area (Å²) in [4.78, 5) is 13.3. The van der Waals surface area contributed by atoms with Crippen molar-refractivity contribution in [3.63, 3.8) is 0 Å². The number of benzene rings is 2. The summed E-state index contributed by atoms with van der Waals surface area (Å²) in [6.45, 7) is 1.74. The molecule has 0 atom stereocenters. The van der Waals surface area contributed by atoms with Gasteiger partial charge in [-0.3, -0.25) is 4.98 Å². The third kappa shape index (κ3) is 3.89. The zero-order valence-corrected chi connectivity index (χ0v) is 16.2. The molecule has 0 saturated heterocycles. The van der Waals surface area contributed by atoms with Gasteiger partial charge in [-0.25, -0.2) is 9.97 Å². The number of nitrogens with one attached hydrogen (secondary N) is 1. The van der Waals surface area contributed by atoms with Crippen LogP contribution in [0, 0.1) is 6.92 Å². The van der Waals surface area contributed by atoms with E-state index in [9.17, 15) is 13.2 Å². The second kappa shape index (κ2) is 7.62. The minimum absolute atomic E-state index is 0.362. The molecular weight excluding hydrogens is 393 g/mol. The molecule has 30 heavy (non-hydrogen) atoms. The van der Waals surface area contributed by atoms with Crippen molar-refractivity contribution in [1.29, 1.82) is 0 Å². The maximum Gasteiger partial charge on any atom is 0.416 e. The second-order valence-electron chi connectivity index (χ2n) is 6.61. The highest BCUT2D eigenvalue weighted by molar-refractivity contribution is 5.85. The molecule has 0 aliphatic carbocycles. The van der Waals surface area contributed by atoms with Crippen LogP contribution >= 0.6 is 0 Å². The summed E-state index contributed by atoms with van der Waals surface area (Å²) in [6, 6.07) is 14.3. The Morgan fingerprint density at radius 2 is 1.73 bits per heavy atom. The van der Waals surface area contributed by atoms with Crippen LogP contribution in [0.5, 0.6) is 5.75 Å². The topological polar surface area (TPSA) is 59.9 Å². The number of hydrogen-bond donors (Lipinski definition) is 1. The summed E-state index contributed by atoms with van der Waals surface area (Å²) < 4.78 is 44.0. The number of rotatable bonds is 4. The van der Waals surface area contributed by atoms with Crippen LogP contribution in [0.4, 0.5) is 24.7 Å². The highest BCUT2D eigenvalue weighted by Crippen LogP contribution is 2.37. The number of hydrogen-bond acceptors (Lipinski definition) is 5. The SMILES string of the molecule is COc1c(Nc2ccc(C(F)(F)F)cc2)nc(C)nc1-c1ccc2cccnc2c1. The molecule has 0 radical (unpaired) electrons. The first-order chi connectivity index (χ1) is 14.3. The Bertz CT molecular complexity index is 1210. The Kier molecular flexibility index (Phi) is 4.99. The average molecular weight is 410 g/mol. The third-order valence-electron chi connectivity index (χ3n) is 4.54. The highest BCUT2D eigenvalue weighted by Gasteiger charge is 2.30. The average Bonchev–Trinajstić information content (AvgIpc) is 2.73. The van der Waals surface area contributed by atoms with E-state index in [1.54, 1.807) is 13.1 Å². The molecule has 8 heteroatoms. The number of methoxy groups -OCH3 is 1. The van der Waals surface area contributed by atoms with E-state index in [0.29, 0.717) is 28.8 Å². The summed E-state index contributed by atoms with van der Waals surface area (Å²) in [5.41, 5.74) is 1.89. The fourth-order valence-electron chi connectivity index (χ4n) is 3.13. The fraction of sp³-hybridized carbons (Fsp3) is 0.136. The quantitative estimate of drug-likeness (QED) is 0.463. The second-order valence-corrected chi connectivity index (χ2v) is 6.61. The van der Waals surface area contributed by atoms with E-state index < -0.39 is 11.7 Å². The first-order valence-corrected chi connectivity index (χ1v) is 9.07. The maximum absolute atomic E-state index is 12.8. The number of ether oxygens (including phenoxy) is 1. The summed E-state index contributed by atoms with van der Waals surface area (Å²) in [5, 5.41) is 4.03. The van der Waals surface area contributed by atoms with Crippen molar-refractivity contribution in [3.8, 4) is 17.0 Å². The van der Waals surface area contributed by atoms with Crippen LogP contribution in [0.15, 0.2) is 60.8 Å². The van der Waals surface area contributed by atoms with Gasteiger partial charge in [-0.15, -0.1) is 0 Å². The van der Waals surface area contributed by atoms with Crippen molar-refractivity contribution in [3.05, 3.63) is 72.2 Å². The lowest BCUT2D eigenvalue weighted by Gasteiger charge is -2.15. The van der Waals surface area contributed by atoms with Gasteiger partial charge in [0.25, 0.3) is 0 Å². The molecule has 1 N–H and O–H groups in total. The van der Waals surface area contributed by atoms with Crippen LogP contribution in [0.3, 0.4) is 0 Å². The van der Waals surface area contributed by atoms with Crippen LogP contribution in [0.1, 0.15) is 11.4 Å². The molecular formula is C22H17F3N4O. The molecule has 0 bridgehead atoms. The van der Waals surface area contributed by atoms with Gasteiger partial charge in [0.15, 0.2) is 11.6 Å². The van der Waals surface area contributed by atoms with Crippen molar-refractivity contribution < 1.29 is 17.9 Å². The van der Waals surface area contributed by atoms with Gasteiger partial charge < -0.3 is 10.1 Å². The van der Waals surface area contributed by atoms with Gasteiger partial charge in [-0.2, -0.15) is 13.2 Å². The Morgan fingerprint density at radius 3 is 2.43 bits per heavy atom. The Balaban J connectivity index is 1.75. The van der Waals surface area contributed by atoms with Gasteiger partial charge in [-0.05, 0) is 43.3 Å². The highest BCUT2D eigenvalue weighted by atomic mass is 19.4. The van der Waals surface area contributed by atoms with Crippen molar-refractivity contribution in [2.75, 3.05) is 12.4 Å². The minimum atomic E-state index is -4.39. The predicted octanol–water partition coefficient (Wildman–Crippen LogP) is 5.77. The first kappa shape index (κ1) is 19.6. The van der Waals surface area contributed by atoms with Gasteiger partial charge in [0, 0.05) is 22.8 Å².